The minimum absolute atomic E-state index is 0. The highest BCUT2D eigenvalue weighted by molar-refractivity contribution is 5.93. The van der Waals surface area contributed by atoms with Crippen molar-refractivity contribution in [3.05, 3.63) is 41.7 Å². The van der Waals surface area contributed by atoms with Crippen LogP contribution in [0.1, 0.15) is 37.6 Å². The number of nitrogens with one attached hydrogen (secondary N) is 2. The first-order valence-corrected chi connectivity index (χ1v) is 9.18. The summed E-state index contributed by atoms with van der Waals surface area (Å²) in [7, 11) is 0. The average molecular weight is 377 g/mol. The van der Waals surface area contributed by atoms with E-state index in [0.29, 0.717) is 18.3 Å². The summed E-state index contributed by atoms with van der Waals surface area (Å²) >= 11 is 0. The van der Waals surface area contributed by atoms with Gasteiger partial charge in [-0.15, -0.1) is 12.4 Å². The summed E-state index contributed by atoms with van der Waals surface area (Å²) < 4.78 is 1.89. The summed E-state index contributed by atoms with van der Waals surface area (Å²) in [4.78, 5) is 12.6. The molecule has 2 aromatic rings. The molecule has 1 aromatic carbocycles. The molecule has 0 saturated carbocycles. The number of aromatic nitrogens is 2. The lowest BCUT2D eigenvalue weighted by molar-refractivity contribution is -0.117. The van der Waals surface area contributed by atoms with E-state index in [9.17, 15) is 4.79 Å². The zero-order chi connectivity index (χ0) is 17.8. The summed E-state index contributed by atoms with van der Waals surface area (Å²) in [6, 6.07) is 9.89. The van der Waals surface area contributed by atoms with E-state index in [1.54, 1.807) is 0 Å². The van der Waals surface area contributed by atoms with Crippen molar-refractivity contribution in [2.75, 3.05) is 18.4 Å². The molecule has 1 unspecified atom stereocenters. The molecule has 2 heterocycles. The predicted molar refractivity (Wildman–Crippen MR) is 108 cm³/mol. The number of amides is 1. The highest BCUT2D eigenvalue weighted by atomic mass is 35.5. The number of carbonyl (C=O) groups is 1. The van der Waals surface area contributed by atoms with Gasteiger partial charge in [0.05, 0.1) is 17.1 Å². The highest BCUT2D eigenvalue weighted by Crippen LogP contribution is 2.26. The molecule has 6 heteroatoms. The molecular formula is C20H29ClN4O. The van der Waals surface area contributed by atoms with Gasteiger partial charge in [-0.1, -0.05) is 19.1 Å². The molecule has 3 rings (SSSR count). The normalized spacial score (nSPS) is 16.0. The van der Waals surface area contributed by atoms with Gasteiger partial charge in [0.2, 0.25) is 5.91 Å². The molecule has 26 heavy (non-hydrogen) atoms. The molecule has 1 saturated heterocycles. The average Bonchev–Trinajstić information content (AvgIpc) is 2.94. The van der Waals surface area contributed by atoms with Gasteiger partial charge in [-0.05, 0) is 69.8 Å². The standard InChI is InChI=1S/C20H28N4O.ClH/c1-14(17-8-10-21-11-9-17)12-20(25)22-18-6-4-5-7-19(18)24-16(3)13-15(2)23-24;/h4-7,13-14,17,21H,8-12H2,1-3H3,(H,22,25);1H. The summed E-state index contributed by atoms with van der Waals surface area (Å²) in [5.74, 6) is 1.13. The van der Waals surface area contributed by atoms with E-state index in [0.717, 1.165) is 48.7 Å². The Kier molecular flexibility index (Phi) is 7.23. The third kappa shape index (κ3) is 4.86. The van der Waals surface area contributed by atoms with Crippen LogP contribution >= 0.6 is 12.4 Å². The fourth-order valence-electron chi connectivity index (χ4n) is 3.71. The Morgan fingerprint density at radius 3 is 2.65 bits per heavy atom. The van der Waals surface area contributed by atoms with Gasteiger partial charge in [0.25, 0.3) is 0 Å². The smallest absolute Gasteiger partial charge is 0.224 e. The number of aryl methyl sites for hydroxylation is 2. The number of benzene rings is 1. The van der Waals surface area contributed by atoms with Gasteiger partial charge in [-0.25, -0.2) is 4.68 Å². The van der Waals surface area contributed by atoms with Crippen molar-refractivity contribution in [2.24, 2.45) is 11.8 Å². The number of rotatable bonds is 5. The lowest BCUT2D eigenvalue weighted by Gasteiger charge is -2.28. The molecule has 5 nitrogen and oxygen atoms in total. The number of anilines is 1. The van der Waals surface area contributed by atoms with Gasteiger partial charge in [0, 0.05) is 12.1 Å². The molecule has 0 radical (unpaired) electrons. The predicted octanol–water partition coefficient (Wildman–Crippen LogP) is 3.88. The number of hydrogen-bond acceptors (Lipinski definition) is 3. The number of para-hydroxylation sites is 2. The van der Waals surface area contributed by atoms with E-state index in [2.05, 4.69) is 22.7 Å². The Morgan fingerprint density at radius 2 is 2.00 bits per heavy atom. The fraction of sp³-hybridized carbons (Fsp3) is 0.500. The maximum absolute atomic E-state index is 12.6. The van der Waals surface area contributed by atoms with Crippen LogP contribution < -0.4 is 10.6 Å². The van der Waals surface area contributed by atoms with Crippen molar-refractivity contribution in [1.29, 1.82) is 0 Å². The lowest BCUT2D eigenvalue weighted by Crippen LogP contribution is -2.32. The number of carbonyl (C=O) groups excluding carboxylic acids is 1. The molecule has 1 aliphatic rings. The maximum Gasteiger partial charge on any atom is 0.224 e. The van der Waals surface area contributed by atoms with Crippen molar-refractivity contribution in [2.45, 2.75) is 40.0 Å². The molecular weight excluding hydrogens is 348 g/mol. The van der Waals surface area contributed by atoms with E-state index in [4.69, 9.17) is 0 Å². The number of piperidine rings is 1. The molecule has 2 N–H and O–H groups in total. The van der Waals surface area contributed by atoms with Crippen molar-refractivity contribution in [3.63, 3.8) is 0 Å². The van der Waals surface area contributed by atoms with Crippen molar-refractivity contribution in [1.82, 2.24) is 15.1 Å². The number of hydrogen-bond donors (Lipinski definition) is 2. The van der Waals surface area contributed by atoms with E-state index >= 15 is 0 Å². The van der Waals surface area contributed by atoms with Gasteiger partial charge in [-0.3, -0.25) is 4.79 Å². The SMILES string of the molecule is Cc1cc(C)n(-c2ccccc2NC(=O)CC(C)C2CCNCC2)n1.Cl. The minimum Gasteiger partial charge on any atom is -0.324 e. The summed E-state index contributed by atoms with van der Waals surface area (Å²) in [5.41, 5.74) is 3.76. The van der Waals surface area contributed by atoms with Crippen molar-refractivity contribution in [3.8, 4) is 5.69 Å². The van der Waals surface area contributed by atoms with Crippen LogP contribution in [0.3, 0.4) is 0 Å². The highest BCUT2D eigenvalue weighted by Gasteiger charge is 2.22. The second kappa shape index (κ2) is 9.19. The van der Waals surface area contributed by atoms with E-state index in [-0.39, 0.29) is 18.3 Å². The van der Waals surface area contributed by atoms with Crippen LogP contribution in [-0.2, 0) is 4.79 Å². The van der Waals surface area contributed by atoms with Gasteiger partial charge >= 0.3 is 0 Å². The molecule has 1 aliphatic heterocycles. The second-order valence-corrected chi connectivity index (χ2v) is 7.17. The third-order valence-electron chi connectivity index (χ3n) is 5.11. The monoisotopic (exact) mass is 376 g/mol. The Morgan fingerprint density at radius 1 is 1.31 bits per heavy atom. The van der Waals surface area contributed by atoms with Crippen LogP contribution in [0.15, 0.2) is 30.3 Å². The molecule has 0 spiro atoms. The minimum atomic E-state index is 0. The Labute approximate surface area is 162 Å². The maximum atomic E-state index is 12.6. The Bertz CT molecular complexity index is 737. The number of halogens is 1. The summed E-state index contributed by atoms with van der Waals surface area (Å²) in [6.45, 7) is 8.33. The Balaban J connectivity index is 0.00000243. The third-order valence-corrected chi connectivity index (χ3v) is 5.11. The van der Waals surface area contributed by atoms with E-state index in [1.165, 1.54) is 0 Å². The molecule has 1 fully saturated rings. The molecule has 1 amide bonds. The van der Waals surface area contributed by atoms with Crippen molar-refractivity contribution < 1.29 is 4.79 Å². The number of nitrogens with zero attached hydrogens (tertiary/aromatic N) is 2. The quantitative estimate of drug-likeness (QED) is 0.832. The van der Waals surface area contributed by atoms with E-state index < -0.39 is 0 Å². The van der Waals surface area contributed by atoms with Crippen LogP contribution in [0.5, 0.6) is 0 Å². The molecule has 1 atom stereocenters. The van der Waals surface area contributed by atoms with Gasteiger partial charge in [-0.2, -0.15) is 5.10 Å². The lowest BCUT2D eigenvalue weighted by atomic mass is 9.84. The zero-order valence-corrected chi connectivity index (χ0v) is 16.6. The van der Waals surface area contributed by atoms with Gasteiger partial charge in [0.15, 0.2) is 0 Å². The first kappa shape index (κ1) is 20.5. The van der Waals surface area contributed by atoms with Crippen LogP contribution in [0.4, 0.5) is 5.69 Å². The first-order chi connectivity index (χ1) is 12.0. The molecule has 0 aliphatic carbocycles. The van der Waals surface area contributed by atoms with Crippen LogP contribution in [-0.4, -0.2) is 28.8 Å². The van der Waals surface area contributed by atoms with Gasteiger partial charge < -0.3 is 10.6 Å². The topological polar surface area (TPSA) is 59.0 Å². The van der Waals surface area contributed by atoms with Crippen LogP contribution in [0, 0.1) is 25.7 Å². The summed E-state index contributed by atoms with van der Waals surface area (Å²) in [6.07, 6.45) is 2.89. The summed E-state index contributed by atoms with van der Waals surface area (Å²) in [5, 5.41) is 11.0. The largest absolute Gasteiger partial charge is 0.324 e. The Hall–Kier alpha value is -1.85. The molecule has 1 aromatic heterocycles. The molecule has 0 bridgehead atoms. The second-order valence-electron chi connectivity index (χ2n) is 7.17. The first-order valence-electron chi connectivity index (χ1n) is 9.18. The van der Waals surface area contributed by atoms with Crippen LogP contribution in [0.2, 0.25) is 0 Å². The van der Waals surface area contributed by atoms with Crippen LogP contribution in [0.25, 0.3) is 5.69 Å². The van der Waals surface area contributed by atoms with Gasteiger partial charge in [0.1, 0.15) is 0 Å². The fourth-order valence-corrected chi connectivity index (χ4v) is 3.71. The van der Waals surface area contributed by atoms with Crippen molar-refractivity contribution >= 4 is 24.0 Å². The molecule has 142 valence electrons. The zero-order valence-electron chi connectivity index (χ0n) is 15.8. The van der Waals surface area contributed by atoms with E-state index in [1.807, 2.05) is 48.9 Å².